The first-order valence-corrected chi connectivity index (χ1v) is 6.89. The Labute approximate surface area is 135 Å². The summed E-state index contributed by atoms with van der Waals surface area (Å²) in [5.74, 6) is -3.28. The Morgan fingerprint density at radius 1 is 0.875 bits per heavy atom. The molecule has 0 bridgehead atoms. The maximum Gasteiger partial charge on any atom is 0.275 e. The summed E-state index contributed by atoms with van der Waals surface area (Å²) in [4.78, 5) is 19.8. The highest BCUT2D eigenvalue weighted by atomic mass is 19.1. The Morgan fingerprint density at radius 3 is 2.29 bits per heavy atom. The van der Waals surface area contributed by atoms with E-state index in [9.17, 15) is 18.0 Å². The molecule has 0 spiro atoms. The van der Waals surface area contributed by atoms with E-state index >= 15 is 0 Å². The number of amides is 1. The molecule has 3 rings (SSSR count). The van der Waals surface area contributed by atoms with E-state index in [2.05, 4.69) is 15.3 Å². The largest absolute Gasteiger partial charge is 0.305 e. The predicted molar refractivity (Wildman–Crippen MR) is 81.7 cm³/mol. The van der Waals surface area contributed by atoms with Crippen molar-refractivity contribution in [2.24, 2.45) is 0 Å². The van der Waals surface area contributed by atoms with Crippen LogP contribution in [0, 0.1) is 17.5 Å². The van der Waals surface area contributed by atoms with Gasteiger partial charge in [0.2, 0.25) is 0 Å². The number of nitrogens with zero attached hydrogens (tertiary/aromatic N) is 2. The Kier molecular flexibility index (Phi) is 4.24. The maximum atomic E-state index is 14.0. The molecule has 0 fully saturated rings. The number of pyridine rings is 2. The number of anilines is 1. The monoisotopic (exact) mass is 329 g/mol. The zero-order valence-corrected chi connectivity index (χ0v) is 12.1. The molecule has 2 aromatic heterocycles. The Balaban J connectivity index is 1.99. The lowest BCUT2D eigenvalue weighted by atomic mass is 10.1. The molecule has 0 aliphatic heterocycles. The topological polar surface area (TPSA) is 54.9 Å². The van der Waals surface area contributed by atoms with Crippen molar-refractivity contribution in [2.45, 2.75) is 0 Å². The number of hydrogen-bond acceptors (Lipinski definition) is 3. The summed E-state index contributed by atoms with van der Waals surface area (Å²) in [6.07, 6.45) is 1.48. The van der Waals surface area contributed by atoms with Gasteiger partial charge >= 0.3 is 0 Å². The molecule has 0 aliphatic rings. The third kappa shape index (κ3) is 3.10. The number of carbonyl (C=O) groups excluding carboxylic acids is 1. The summed E-state index contributed by atoms with van der Waals surface area (Å²) in [6, 6.07) is 10.1. The second-order valence-electron chi connectivity index (χ2n) is 4.79. The van der Waals surface area contributed by atoms with Crippen molar-refractivity contribution < 1.29 is 18.0 Å². The molecule has 0 saturated carbocycles. The molecule has 0 atom stereocenters. The molecular weight excluding hydrogens is 319 g/mol. The van der Waals surface area contributed by atoms with Crippen LogP contribution in [-0.2, 0) is 0 Å². The molecule has 0 radical (unpaired) electrons. The highest BCUT2D eigenvalue weighted by Crippen LogP contribution is 2.27. The molecule has 1 amide bonds. The first kappa shape index (κ1) is 15.7. The van der Waals surface area contributed by atoms with E-state index in [1.807, 2.05) is 0 Å². The number of rotatable bonds is 3. The molecule has 120 valence electrons. The van der Waals surface area contributed by atoms with Crippen LogP contribution in [0.2, 0.25) is 0 Å². The van der Waals surface area contributed by atoms with Gasteiger partial charge in [0.15, 0.2) is 0 Å². The average molecular weight is 329 g/mol. The SMILES string of the molecule is O=C(Nc1ccccn1)c1ccc(F)c(-c2c(F)cccc2F)n1. The van der Waals surface area contributed by atoms with Crippen LogP contribution in [0.4, 0.5) is 19.0 Å². The van der Waals surface area contributed by atoms with Crippen molar-refractivity contribution in [1.29, 1.82) is 0 Å². The fourth-order valence-corrected chi connectivity index (χ4v) is 2.09. The summed E-state index contributed by atoms with van der Waals surface area (Å²) < 4.78 is 41.6. The Morgan fingerprint density at radius 2 is 1.62 bits per heavy atom. The first-order valence-electron chi connectivity index (χ1n) is 6.89. The zero-order chi connectivity index (χ0) is 17.1. The highest BCUT2D eigenvalue weighted by Gasteiger charge is 2.19. The van der Waals surface area contributed by atoms with Gasteiger partial charge in [0.1, 0.15) is 34.7 Å². The summed E-state index contributed by atoms with van der Waals surface area (Å²) in [7, 11) is 0. The fourth-order valence-electron chi connectivity index (χ4n) is 2.09. The molecule has 0 saturated heterocycles. The zero-order valence-electron chi connectivity index (χ0n) is 12.1. The lowest BCUT2D eigenvalue weighted by molar-refractivity contribution is 0.102. The Bertz CT molecular complexity index is 881. The number of carbonyl (C=O) groups is 1. The van der Waals surface area contributed by atoms with Crippen LogP contribution in [0.3, 0.4) is 0 Å². The van der Waals surface area contributed by atoms with E-state index in [4.69, 9.17) is 0 Å². The van der Waals surface area contributed by atoms with E-state index in [0.717, 1.165) is 30.3 Å². The van der Waals surface area contributed by atoms with Gasteiger partial charge in [-0.2, -0.15) is 0 Å². The Hall–Kier alpha value is -3.22. The van der Waals surface area contributed by atoms with Gasteiger partial charge in [-0.15, -0.1) is 0 Å². The number of hydrogen-bond donors (Lipinski definition) is 1. The van der Waals surface area contributed by atoms with Crippen LogP contribution in [0.25, 0.3) is 11.3 Å². The van der Waals surface area contributed by atoms with Gasteiger partial charge in [-0.05, 0) is 36.4 Å². The summed E-state index contributed by atoms with van der Waals surface area (Å²) in [5, 5.41) is 2.46. The summed E-state index contributed by atoms with van der Waals surface area (Å²) in [5.41, 5.74) is -1.39. The minimum Gasteiger partial charge on any atom is -0.305 e. The van der Waals surface area contributed by atoms with E-state index in [1.54, 1.807) is 18.2 Å². The van der Waals surface area contributed by atoms with Gasteiger partial charge < -0.3 is 5.32 Å². The molecule has 0 unspecified atom stereocenters. The second-order valence-corrected chi connectivity index (χ2v) is 4.79. The number of aromatic nitrogens is 2. The normalized spacial score (nSPS) is 10.5. The van der Waals surface area contributed by atoms with Crippen molar-refractivity contribution in [2.75, 3.05) is 5.32 Å². The van der Waals surface area contributed by atoms with Crippen LogP contribution in [0.1, 0.15) is 10.5 Å². The second kappa shape index (κ2) is 6.49. The van der Waals surface area contributed by atoms with Gasteiger partial charge in [-0.1, -0.05) is 12.1 Å². The van der Waals surface area contributed by atoms with Crippen LogP contribution < -0.4 is 5.32 Å². The van der Waals surface area contributed by atoms with Gasteiger partial charge in [0.25, 0.3) is 5.91 Å². The number of benzene rings is 1. The lowest BCUT2D eigenvalue weighted by Crippen LogP contribution is -2.15. The van der Waals surface area contributed by atoms with Crippen LogP contribution in [0.5, 0.6) is 0 Å². The van der Waals surface area contributed by atoms with E-state index in [0.29, 0.717) is 0 Å². The van der Waals surface area contributed by atoms with Gasteiger partial charge in [0, 0.05) is 6.20 Å². The number of nitrogens with one attached hydrogen (secondary N) is 1. The van der Waals surface area contributed by atoms with E-state index in [1.165, 1.54) is 6.20 Å². The van der Waals surface area contributed by atoms with Crippen molar-refractivity contribution in [3.8, 4) is 11.3 Å². The molecule has 0 aliphatic carbocycles. The van der Waals surface area contributed by atoms with Crippen LogP contribution in [-0.4, -0.2) is 15.9 Å². The minimum absolute atomic E-state index is 0.195. The molecule has 4 nitrogen and oxygen atoms in total. The predicted octanol–water partition coefficient (Wildman–Crippen LogP) is 3.81. The highest BCUT2D eigenvalue weighted by molar-refractivity contribution is 6.02. The maximum absolute atomic E-state index is 14.0. The first-order chi connectivity index (χ1) is 11.6. The molecule has 3 aromatic rings. The van der Waals surface area contributed by atoms with Gasteiger partial charge in [-0.3, -0.25) is 4.79 Å². The molecular formula is C17H10F3N3O. The van der Waals surface area contributed by atoms with Crippen LogP contribution >= 0.6 is 0 Å². The number of halogens is 3. The molecule has 24 heavy (non-hydrogen) atoms. The third-order valence-electron chi connectivity index (χ3n) is 3.18. The van der Waals surface area contributed by atoms with Gasteiger partial charge in [-0.25, -0.2) is 23.1 Å². The standard InChI is InChI=1S/C17H10F3N3O/c18-10-4-3-5-11(19)15(10)16-12(20)7-8-13(22-16)17(24)23-14-6-1-2-9-21-14/h1-9H,(H,21,23,24). The molecule has 7 heteroatoms. The van der Waals surface area contributed by atoms with E-state index in [-0.39, 0.29) is 11.5 Å². The quantitative estimate of drug-likeness (QED) is 0.795. The van der Waals surface area contributed by atoms with Crippen molar-refractivity contribution >= 4 is 11.7 Å². The third-order valence-corrected chi connectivity index (χ3v) is 3.18. The van der Waals surface area contributed by atoms with E-state index < -0.39 is 34.6 Å². The van der Waals surface area contributed by atoms with Crippen molar-refractivity contribution in [3.05, 3.63) is 77.9 Å². The molecule has 1 N–H and O–H groups in total. The lowest BCUT2D eigenvalue weighted by Gasteiger charge is -2.08. The minimum atomic E-state index is -0.969. The van der Waals surface area contributed by atoms with Crippen LogP contribution in [0.15, 0.2) is 54.7 Å². The summed E-state index contributed by atoms with van der Waals surface area (Å²) >= 11 is 0. The van der Waals surface area contributed by atoms with Crippen molar-refractivity contribution in [1.82, 2.24) is 9.97 Å². The molecule has 2 heterocycles. The summed E-state index contributed by atoms with van der Waals surface area (Å²) in [6.45, 7) is 0. The average Bonchev–Trinajstić information content (AvgIpc) is 2.57. The smallest absolute Gasteiger partial charge is 0.275 e. The van der Waals surface area contributed by atoms with Crippen molar-refractivity contribution in [3.63, 3.8) is 0 Å². The fraction of sp³-hybridized carbons (Fsp3) is 0. The van der Waals surface area contributed by atoms with Gasteiger partial charge in [0.05, 0.1) is 5.56 Å². The molecule has 1 aromatic carbocycles.